The molecule has 1 aromatic carbocycles. The summed E-state index contributed by atoms with van der Waals surface area (Å²) in [6.45, 7) is 2.92. The van der Waals surface area contributed by atoms with Gasteiger partial charge >= 0.3 is 0 Å². The molecular formula is C17H16FN5O2S. The molecule has 0 unspecified atom stereocenters. The molecule has 0 spiro atoms. The first kappa shape index (κ1) is 16.8. The quantitative estimate of drug-likeness (QED) is 0.657. The Labute approximate surface area is 153 Å². The predicted octanol–water partition coefficient (Wildman–Crippen LogP) is 3.01. The Kier molecular flexibility index (Phi) is 4.23. The van der Waals surface area contributed by atoms with E-state index in [0.29, 0.717) is 41.3 Å². The second-order valence-electron chi connectivity index (χ2n) is 5.90. The smallest absolute Gasteiger partial charge is 0.266 e. The van der Waals surface area contributed by atoms with Gasteiger partial charge in [-0.3, -0.25) is 4.79 Å². The number of benzene rings is 1. The van der Waals surface area contributed by atoms with Gasteiger partial charge < -0.3 is 13.9 Å². The number of halogens is 1. The molecule has 1 atom stereocenters. The highest BCUT2D eigenvalue weighted by molar-refractivity contribution is 7.98. The molecule has 0 N–H and O–H groups in total. The largest absolute Gasteiger partial charge is 0.427 e. The maximum atomic E-state index is 13.1. The Morgan fingerprint density at radius 1 is 1.27 bits per heavy atom. The van der Waals surface area contributed by atoms with E-state index in [-0.39, 0.29) is 17.8 Å². The highest BCUT2D eigenvalue weighted by Crippen LogP contribution is 2.30. The SMILES string of the molecule is CSc1cnc(-c2nnc3n2CCN(C(=O)c2ccc(F)cc2)[C@@H]3C)o1. The van der Waals surface area contributed by atoms with E-state index in [1.54, 1.807) is 11.1 Å². The first-order valence-electron chi connectivity index (χ1n) is 8.08. The average Bonchev–Trinajstić information content (AvgIpc) is 3.29. The van der Waals surface area contributed by atoms with Gasteiger partial charge in [-0.05, 0) is 37.4 Å². The number of nitrogens with zero attached hydrogens (tertiary/aromatic N) is 5. The van der Waals surface area contributed by atoms with E-state index in [1.165, 1.54) is 36.0 Å². The lowest BCUT2D eigenvalue weighted by Gasteiger charge is -2.33. The summed E-state index contributed by atoms with van der Waals surface area (Å²) < 4.78 is 20.7. The van der Waals surface area contributed by atoms with Crippen molar-refractivity contribution in [2.45, 2.75) is 24.6 Å². The van der Waals surface area contributed by atoms with E-state index in [9.17, 15) is 9.18 Å². The number of carbonyl (C=O) groups excluding carboxylic acids is 1. The third-order valence-corrected chi connectivity index (χ3v) is 5.01. The summed E-state index contributed by atoms with van der Waals surface area (Å²) in [5, 5.41) is 9.15. The summed E-state index contributed by atoms with van der Waals surface area (Å²) in [7, 11) is 0. The average molecular weight is 373 g/mol. The Bertz CT molecular complexity index is 952. The van der Waals surface area contributed by atoms with Gasteiger partial charge in [0.05, 0.1) is 12.2 Å². The third kappa shape index (κ3) is 2.78. The third-order valence-electron chi connectivity index (χ3n) is 4.41. The van der Waals surface area contributed by atoms with Crippen LogP contribution in [0.3, 0.4) is 0 Å². The number of hydrogen-bond acceptors (Lipinski definition) is 6. The number of amides is 1. The molecule has 7 nitrogen and oxygen atoms in total. The van der Waals surface area contributed by atoms with Crippen LogP contribution in [0.2, 0.25) is 0 Å². The Balaban J connectivity index is 1.62. The highest BCUT2D eigenvalue weighted by Gasteiger charge is 2.33. The second kappa shape index (κ2) is 6.56. The fourth-order valence-corrected chi connectivity index (χ4v) is 3.36. The number of fused-ring (bicyclic) bond motifs is 1. The van der Waals surface area contributed by atoms with Gasteiger partial charge in [0.25, 0.3) is 11.8 Å². The van der Waals surface area contributed by atoms with Crippen molar-refractivity contribution in [3.63, 3.8) is 0 Å². The van der Waals surface area contributed by atoms with E-state index >= 15 is 0 Å². The van der Waals surface area contributed by atoms with Gasteiger partial charge in [-0.2, -0.15) is 0 Å². The van der Waals surface area contributed by atoms with Crippen LogP contribution >= 0.6 is 11.8 Å². The van der Waals surface area contributed by atoms with E-state index < -0.39 is 0 Å². The van der Waals surface area contributed by atoms with Crippen molar-refractivity contribution in [2.24, 2.45) is 0 Å². The normalized spacial score (nSPS) is 16.6. The van der Waals surface area contributed by atoms with Gasteiger partial charge in [0, 0.05) is 18.7 Å². The van der Waals surface area contributed by atoms with Crippen molar-refractivity contribution in [1.29, 1.82) is 0 Å². The molecule has 0 saturated carbocycles. The van der Waals surface area contributed by atoms with E-state index in [2.05, 4.69) is 15.2 Å². The van der Waals surface area contributed by atoms with E-state index in [0.717, 1.165) is 0 Å². The molecule has 3 aromatic rings. The van der Waals surface area contributed by atoms with Crippen LogP contribution in [0, 0.1) is 5.82 Å². The first-order chi connectivity index (χ1) is 12.6. The van der Waals surface area contributed by atoms with Gasteiger partial charge in [0.1, 0.15) is 5.82 Å². The van der Waals surface area contributed by atoms with Crippen molar-refractivity contribution in [3.05, 3.63) is 47.7 Å². The van der Waals surface area contributed by atoms with Crippen molar-refractivity contribution in [1.82, 2.24) is 24.6 Å². The Hall–Kier alpha value is -2.68. The molecule has 1 amide bonds. The zero-order valence-electron chi connectivity index (χ0n) is 14.2. The molecule has 0 bridgehead atoms. The van der Waals surface area contributed by atoms with Crippen LogP contribution in [-0.2, 0) is 6.54 Å². The van der Waals surface area contributed by atoms with Crippen LogP contribution in [0.25, 0.3) is 11.7 Å². The van der Waals surface area contributed by atoms with Gasteiger partial charge in [-0.15, -0.1) is 10.2 Å². The van der Waals surface area contributed by atoms with Gasteiger partial charge in [-0.25, -0.2) is 9.37 Å². The molecule has 4 rings (SSSR count). The number of rotatable bonds is 3. The number of oxazole rings is 1. The number of hydrogen-bond donors (Lipinski definition) is 0. The van der Waals surface area contributed by atoms with Crippen molar-refractivity contribution >= 4 is 17.7 Å². The molecule has 1 aliphatic rings. The Morgan fingerprint density at radius 2 is 2.04 bits per heavy atom. The molecule has 0 saturated heterocycles. The van der Waals surface area contributed by atoms with E-state index in [1.807, 2.05) is 17.7 Å². The van der Waals surface area contributed by atoms with Crippen molar-refractivity contribution in [3.8, 4) is 11.7 Å². The number of carbonyl (C=O) groups is 1. The molecule has 0 radical (unpaired) electrons. The first-order valence-corrected chi connectivity index (χ1v) is 9.31. The molecule has 0 fully saturated rings. The van der Waals surface area contributed by atoms with Gasteiger partial charge in [0.2, 0.25) is 5.82 Å². The summed E-state index contributed by atoms with van der Waals surface area (Å²) in [4.78, 5) is 18.7. The van der Waals surface area contributed by atoms with Gasteiger partial charge in [-0.1, -0.05) is 11.8 Å². The van der Waals surface area contributed by atoms with Crippen LogP contribution in [0.15, 0.2) is 40.0 Å². The summed E-state index contributed by atoms with van der Waals surface area (Å²) in [6.07, 6.45) is 3.56. The maximum absolute atomic E-state index is 13.1. The number of aromatic nitrogens is 4. The fourth-order valence-electron chi connectivity index (χ4n) is 3.04. The summed E-state index contributed by atoms with van der Waals surface area (Å²) in [5.74, 6) is 1.12. The lowest BCUT2D eigenvalue weighted by Crippen LogP contribution is -2.41. The predicted molar refractivity (Wildman–Crippen MR) is 93.2 cm³/mol. The minimum atomic E-state index is -0.367. The van der Waals surface area contributed by atoms with Crippen molar-refractivity contribution in [2.75, 3.05) is 12.8 Å². The van der Waals surface area contributed by atoms with Crippen LogP contribution in [0.5, 0.6) is 0 Å². The molecule has 134 valence electrons. The monoisotopic (exact) mass is 373 g/mol. The standard InChI is InChI=1S/C17H16FN5O2S/c1-10-14-20-21-15(16-19-9-13(25-16)26-2)23(14)8-7-22(10)17(24)11-3-5-12(18)6-4-11/h3-6,9-10H,7-8H2,1-2H3/t10-/m1/s1. The summed E-state index contributed by atoms with van der Waals surface area (Å²) >= 11 is 1.46. The summed E-state index contributed by atoms with van der Waals surface area (Å²) in [5.41, 5.74) is 0.448. The topological polar surface area (TPSA) is 77.1 Å². The molecule has 1 aliphatic heterocycles. The minimum absolute atomic E-state index is 0.158. The van der Waals surface area contributed by atoms with E-state index in [4.69, 9.17) is 4.42 Å². The summed E-state index contributed by atoms with van der Waals surface area (Å²) in [6, 6.07) is 5.29. The Morgan fingerprint density at radius 3 is 2.73 bits per heavy atom. The lowest BCUT2D eigenvalue weighted by atomic mass is 10.1. The maximum Gasteiger partial charge on any atom is 0.266 e. The minimum Gasteiger partial charge on any atom is -0.427 e. The second-order valence-corrected chi connectivity index (χ2v) is 6.71. The van der Waals surface area contributed by atoms with Crippen LogP contribution in [0.1, 0.15) is 29.1 Å². The molecular weight excluding hydrogens is 357 g/mol. The highest BCUT2D eigenvalue weighted by atomic mass is 32.2. The van der Waals surface area contributed by atoms with Gasteiger partial charge in [0.15, 0.2) is 10.9 Å². The fraction of sp³-hybridized carbons (Fsp3) is 0.294. The van der Waals surface area contributed by atoms with Crippen LogP contribution in [0.4, 0.5) is 4.39 Å². The van der Waals surface area contributed by atoms with Crippen molar-refractivity contribution < 1.29 is 13.6 Å². The van der Waals surface area contributed by atoms with Crippen LogP contribution < -0.4 is 0 Å². The zero-order valence-corrected chi connectivity index (χ0v) is 15.0. The molecule has 3 heterocycles. The molecule has 0 aliphatic carbocycles. The van der Waals surface area contributed by atoms with Crippen LogP contribution in [-0.4, -0.2) is 43.4 Å². The molecule has 2 aromatic heterocycles. The molecule has 26 heavy (non-hydrogen) atoms. The number of thioether (sulfide) groups is 1. The molecule has 9 heteroatoms. The lowest BCUT2D eigenvalue weighted by molar-refractivity contribution is 0.0638. The zero-order chi connectivity index (χ0) is 18.3.